The van der Waals surface area contributed by atoms with E-state index in [2.05, 4.69) is 4.98 Å². The number of nitrogens with zero attached hydrogens (tertiary/aromatic N) is 1. The topological polar surface area (TPSA) is 62.4 Å². The number of halogens is 3. The molecular weight excluding hydrogens is 325 g/mol. The Labute approximate surface area is 135 Å². The van der Waals surface area contributed by atoms with Crippen molar-refractivity contribution < 1.29 is 22.7 Å². The quantitative estimate of drug-likeness (QED) is 0.866. The van der Waals surface area contributed by atoms with Crippen molar-refractivity contribution in [2.45, 2.75) is 26.1 Å². The lowest BCUT2D eigenvalue weighted by atomic mass is 10.0. The summed E-state index contributed by atoms with van der Waals surface area (Å²) in [6.07, 6.45) is -4.77. The van der Waals surface area contributed by atoms with Crippen LogP contribution in [-0.4, -0.2) is 35.6 Å². The minimum absolute atomic E-state index is 0.0814. The zero-order chi connectivity index (χ0) is 17.6. The first-order valence-corrected chi connectivity index (χ1v) is 7.31. The predicted molar refractivity (Wildman–Crippen MR) is 81.0 cm³/mol. The maximum Gasteiger partial charge on any atom is 0.471 e. The Hall–Kier alpha value is -2.51. The van der Waals surface area contributed by atoms with E-state index in [1.165, 1.54) is 7.11 Å². The van der Waals surface area contributed by atoms with E-state index in [1.807, 2.05) is 6.92 Å². The summed E-state index contributed by atoms with van der Waals surface area (Å²) >= 11 is 0. The van der Waals surface area contributed by atoms with E-state index in [-0.39, 0.29) is 30.5 Å². The Bertz CT molecular complexity index is 887. The fourth-order valence-electron chi connectivity index (χ4n) is 2.99. The van der Waals surface area contributed by atoms with Crippen molar-refractivity contribution in [1.82, 2.24) is 9.88 Å². The Morgan fingerprint density at radius 1 is 1.33 bits per heavy atom. The molecule has 1 N–H and O–H groups in total. The summed E-state index contributed by atoms with van der Waals surface area (Å²) in [6, 6.07) is 3.32. The zero-order valence-corrected chi connectivity index (χ0v) is 13.1. The number of alkyl halides is 3. The molecule has 0 saturated carbocycles. The minimum Gasteiger partial charge on any atom is -0.497 e. The first-order chi connectivity index (χ1) is 11.2. The molecule has 128 valence electrons. The van der Waals surface area contributed by atoms with Gasteiger partial charge < -0.3 is 14.6 Å². The second kappa shape index (κ2) is 5.54. The van der Waals surface area contributed by atoms with Crippen molar-refractivity contribution in [2.24, 2.45) is 0 Å². The predicted octanol–water partition coefficient (Wildman–Crippen LogP) is 2.29. The molecule has 1 aliphatic rings. The summed E-state index contributed by atoms with van der Waals surface area (Å²) in [6.45, 7) is 1.38. The lowest BCUT2D eigenvalue weighted by molar-refractivity contribution is -0.186. The van der Waals surface area contributed by atoms with E-state index >= 15 is 0 Å². The van der Waals surface area contributed by atoms with Crippen LogP contribution in [0.2, 0.25) is 0 Å². The highest BCUT2D eigenvalue weighted by atomic mass is 19.4. The van der Waals surface area contributed by atoms with Crippen molar-refractivity contribution in [3.05, 3.63) is 39.2 Å². The van der Waals surface area contributed by atoms with E-state index in [4.69, 9.17) is 4.74 Å². The van der Waals surface area contributed by atoms with Gasteiger partial charge in [-0.2, -0.15) is 13.2 Å². The molecule has 0 bridgehead atoms. The smallest absolute Gasteiger partial charge is 0.471 e. The minimum atomic E-state index is -4.94. The van der Waals surface area contributed by atoms with Crippen LogP contribution in [0.15, 0.2) is 16.9 Å². The number of nitrogens with one attached hydrogen (secondary N) is 1. The molecule has 1 amide bonds. The molecule has 1 aromatic heterocycles. The van der Waals surface area contributed by atoms with Crippen LogP contribution in [-0.2, 0) is 17.8 Å². The number of aryl methyl sites for hydroxylation is 1. The number of aromatic amines is 1. The average Bonchev–Trinajstić information content (AvgIpc) is 2.54. The van der Waals surface area contributed by atoms with E-state index in [1.54, 1.807) is 12.1 Å². The molecule has 24 heavy (non-hydrogen) atoms. The fraction of sp³-hybridized carbons (Fsp3) is 0.375. The lowest BCUT2D eigenvalue weighted by Gasteiger charge is -2.29. The molecule has 0 atom stereocenters. The van der Waals surface area contributed by atoms with E-state index in [9.17, 15) is 22.8 Å². The van der Waals surface area contributed by atoms with Gasteiger partial charge >= 0.3 is 12.1 Å². The maximum absolute atomic E-state index is 12.7. The highest BCUT2D eigenvalue weighted by molar-refractivity contribution is 5.85. The monoisotopic (exact) mass is 340 g/mol. The first-order valence-electron chi connectivity index (χ1n) is 7.31. The van der Waals surface area contributed by atoms with Crippen LogP contribution in [0.1, 0.15) is 16.8 Å². The number of aromatic nitrogens is 1. The summed E-state index contributed by atoms with van der Waals surface area (Å²) in [5.41, 5.74) is 1.83. The standard InChI is InChI=1S/C16H15F3N2O3/c1-8-5-9(24-2)6-10-13(8)20-12-3-4-21(7-11(12)14(10)22)15(23)16(17,18)19/h5-6H,3-4,7H2,1-2H3,(H,20,22). The number of pyridine rings is 1. The summed E-state index contributed by atoms with van der Waals surface area (Å²) < 4.78 is 43.0. The van der Waals surface area contributed by atoms with Gasteiger partial charge in [-0.25, -0.2) is 0 Å². The Morgan fingerprint density at radius 2 is 2.04 bits per heavy atom. The number of methoxy groups -OCH3 is 1. The molecule has 8 heteroatoms. The number of hydrogen-bond donors (Lipinski definition) is 1. The normalized spacial score (nSPS) is 14.6. The molecular formula is C16H15F3N2O3. The highest BCUT2D eigenvalue weighted by Gasteiger charge is 2.43. The van der Waals surface area contributed by atoms with Crippen molar-refractivity contribution in [3.63, 3.8) is 0 Å². The molecule has 0 aliphatic carbocycles. The van der Waals surface area contributed by atoms with Gasteiger partial charge in [0.05, 0.1) is 19.2 Å². The van der Waals surface area contributed by atoms with Crippen LogP contribution in [0.25, 0.3) is 10.9 Å². The first kappa shape index (κ1) is 16.4. The SMILES string of the molecule is COc1cc(C)c2[nH]c3c(c(=O)c2c1)CN(C(=O)C(F)(F)F)CC3. The molecule has 0 saturated heterocycles. The zero-order valence-electron chi connectivity index (χ0n) is 13.1. The second-order valence-electron chi connectivity index (χ2n) is 5.75. The van der Waals surface area contributed by atoms with Crippen molar-refractivity contribution in [2.75, 3.05) is 13.7 Å². The third-order valence-corrected chi connectivity index (χ3v) is 4.21. The molecule has 0 radical (unpaired) electrons. The van der Waals surface area contributed by atoms with Crippen molar-refractivity contribution in [3.8, 4) is 5.75 Å². The number of hydrogen-bond acceptors (Lipinski definition) is 3. The van der Waals surface area contributed by atoms with E-state index in [0.29, 0.717) is 27.2 Å². The van der Waals surface area contributed by atoms with Gasteiger partial charge in [0.15, 0.2) is 5.43 Å². The molecule has 5 nitrogen and oxygen atoms in total. The molecule has 3 rings (SSSR count). The molecule has 2 heterocycles. The fourth-order valence-corrected chi connectivity index (χ4v) is 2.99. The lowest BCUT2D eigenvalue weighted by Crippen LogP contribution is -2.45. The van der Waals surface area contributed by atoms with Crippen LogP contribution in [0, 0.1) is 6.92 Å². The van der Waals surface area contributed by atoms with Gasteiger partial charge in [-0.1, -0.05) is 0 Å². The number of carbonyl (C=O) groups excluding carboxylic acids is 1. The van der Waals surface area contributed by atoms with Crippen LogP contribution < -0.4 is 10.2 Å². The van der Waals surface area contributed by atoms with E-state index < -0.39 is 12.1 Å². The number of ether oxygens (including phenoxy) is 1. The Morgan fingerprint density at radius 3 is 2.67 bits per heavy atom. The van der Waals surface area contributed by atoms with Crippen molar-refractivity contribution in [1.29, 1.82) is 0 Å². The maximum atomic E-state index is 12.7. The van der Waals surface area contributed by atoms with Gasteiger partial charge in [-0.15, -0.1) is 0 Å². The number of rotatable bonds is 1. The third-order valence-electron chi connectivity index (χ3n) is 4.21. The van der Waals surface area contributed by atoms with Gasteiger partial charge in [-0.3, -0.25) is 9.59 Å². The Balaban J connectivity index is 2.12. The van der Waals surface area contributed by atoms with Gasteiger partial charge in [0.1, 0.15) is 5.75 Å². The van der Waals surface area contributed by atoms with Gasteiger partial charge in [-0.05, 0) is 24.6 Å². The van der Waals surface area contributed by atoms with Gasteiger partial charge in [0.25, 0.3) is 0 Å². The number of benzene rings is 1. The molecule has 1 aromatic carbocycles. The summed E-state index contributed by atoms with van der Waals surface area (Å²) in [5, 5.41) is 0.340. The van der Waals surface area contributed by atoms with E-state index in [0.717, 1.165) is 5.56 Å². The molecule has 0 fully saturated rings. The summed E-state index contributed by atoms with van der Waals surface area (Å²) in [4.78, 5) is 27.9. The molecule has 1 aliphatic heterocycles. The summed E-state index contributed by atoms with van der Waals surface area (Å²) in [7, 11) is 1.47. The molecule has 0 unspecified atom stereocenters. The van der Waals surface area contributed by atoms with Crippen molar-refractivity contribution >= 4 is 16.8 Å². The molecule has 2 aromatic rings. The van der Waals surface area contributed by atoms with Crippen LogP contribution >= 0.6 is 0 Å². The summed E-state index contributed by atoms with van der Waals surface area (Å²) in [5.74, 6) is -1.43. The Kier molecular flexibility index (Phi) is 3.77. The number of amides is 1. The van der Waals surface area contributed by atoms with Crippen LogP contribution in [0.3, 0.4) is 0 Å². The van der Waals surface area contributed by atoms with Crippen LogP contribution in [0.4, 0.5) is 13.2 Å². The number of carbonyl (C=O) groups is 1. The largest absolute Gasteiger partial charge is 0.497 e. The van der Waals surface area contributed by atoms with Gasteiger partial charge in [0.2, 0.25) is 0 Å². The highest BCUT2D eigenvalue weighted by Crippen LogP contribution is 2.26. The second-order valence-corrected chi connectivity index (χ2v) is 5.75. The number of fused-ring (bicyclic) bond motifs is 2. The third kappa shape index (κ3) is 2.61. The average molecular weight is 340 g/mol. The van der Waals surface area contributed by atoms with Crippen LogP contribution in [0.5, 0.6) is 5.75 Å². The molecule has 0 spiro atoms. The number of H-pyrrole nitrogens is 1. The van der Waals surface area contributed by atoms with Gasteiger partial charge in [0, 0.05) is 29.6 Å².